The average molecular weight is 508 g/mol. The van der Waals surface area contributed by atoms with Crippen LogP contribution in [0.15, 0.2) is 127 Å². The van der Waals surface area contributed by atoms with E-state index in [2.05, 4.69) is 141 Å². The lowest BCUT2D eigenvalue weighted by Crippen LogP contribution is -2.51. The third-order valence-electron chi connectivity index (χ3n) is 8.88. The van der Waals surface area contributed by atoms with Gasteiger partial charge in [-0.05, 0) is 41.9 Å². The van der Waals surface area contributed by atoms with Crippen LogP contribution in [0.2, 0.25) is 0 Å². The molecule has 0 atom stereocenters. The van der Waals surface area contributed by atoms with E-state index >= 15 is 0 Å². The van der Waals surface area contributed by atoms with Crippen LogP contribution in [0.1, 0.15) is 0 Å². The second kappa shape index (κ2) is 7.22. The molecule has 5 aromatic carbocycles. The Morgan fingerprint density at radius 2 is 1.12 bits per heavy atom. The van der Waals surface area contributed by atoms with Crippen LogP contribution in [-0.2, 0) is 0 Å². The molecule has 3 aromatic heterocycles. The molecule has 0 amide bonds. The lowest BCUT2D eigenvalue weighted by atomic mass is 9.61. The molecule has 0 unspecified atom stereocenters. The van der Waals surface area contributed by atoms with Crippen LogP contribution in [0.25, 0.3) is 60.7 Å². The van der Waals surface area contributed by atoms with Crippen LogP contribution in [0, 0.1) is 0 Å². The van der Waals surface area contributed by atoms with Gasteiger partial charge >= 0.3 is 6.98 Å². The van der Waals surface area contributed by atoms with E-state index in [0.717, 1.165) is 17.2 Å². The van der Waals surface area contributed by atoms with E-state index in [1.54, 1.807) is 0 Å². The van der Waals surface area contributed by atoms with Gasteiger partial charge in [-0.1, -0.05) is 91.0 Å². The number of pyridine rings is 1. The maximum absolute atomic E-state index is 5.44. The molecule has 0 bridgehead atoms. The van der Waals surface area contributed by atoms with Gasteiger partial charge in [0, 0.05) is 32.6 Å². The van der Waals surface area contributed by atoms with Gasteiger partial charge in [0.2, 0.25) is 0 Å². The van der Waals surface area contributed by atoms with Crippen LogP contribution in [0.3, 0.4) is 0 Å². The van der Waals surface area contributed by atoms with Crippen molar-refractivity contribution in [2.24, 2.45) is 0 Å². The van der Waals surface area contributed by atoms with E-state index < -0.39 is 0 Å². The number of hydrogen-bond donors (Lipinski definition) is 0. The zero-order valence-corrected chi connectivity index (χ0v) is 21.5. The third kappa shape index (κ3) is 2.37. The standard InChI is InChI=1S/C35H21BN4/c1-5-15-27-26(13-1)34-31(39-32-19-9-14-25-24-12-4-8-18-30(24)40(35(25)32)36(27)39)20-21-33(37-34)38-28-16-6-2-10-22(28)23-11-3-7-17-29(23)38/h1-21H. The maximum atomic E-state index is 5.44. The van der Waals surface area contributed by atoms with Crippen molar-refractivity contribution in [2.75, 3.05) is 4.81 Å². The highest BCUT2D eigenvalue weighted by Crippen LogP contribution is 2.48. The zero-order chi connectivity index (χ0) is 25.9. The summed E-state index contributed by atoms with van der Waals surface area (Å²) in [6.07, 6.45) is 0. The fraction of sp³-hybridized carbons (Fsp3) is 0. The molecule has 2 aliphatic rings. The number of anilines is 2. The Morgan fingerprint density at radius 3 is 1.90 bits per heavy atom. The molecule has 0 saturated carbocycles. The predicted octanol–water partition coefficient (Wildman–Crippen LogP) is 7.66. The summed E-state index contributed by atoms with van der Waals surface area (Å²) in [5, 5.41) is 5.10. The first-order valence-corrected chi connectivity index (χ1v) is 13.8. The molecule has 5 heteroatoms. The van der Waals surface area contributed by atoms with Gasteiger partial charge in [-0.15, -0.1) is 0 Å². The number of fused-ring (bicyclic) bond motifs is 14. The molecular formula is C35H21BN4. The Labute approximate surface area is 230 Å². The fourth-order valence-corrected chi connectivity index (χ4v) is 7.33. The fourth-order valence-electron chi connectivity index (χ4n) is 7.33. The first-order valence-electron chi connectivity index (χ1n) is 13.8. The van der Waals surface area contributed by atoms with Gasteiger partial charge in [-0.25, -0.2) is 4.98 Å². The normalized spacial score (nSPS) is 13.4. The summed E-state index contributed by atoms with van der Waals surface area (Å²) in [7, 11) is 0. The lowest BCUT2D eigenvalue weighted by Gasteiger charge is -2.34. The van der Waals surface area contributed by atoms with Crippen molar-refractivity contribution in [3.63, 3.8) is 0 Å². The minimum absolute atomic E-state index is 0.0457. The van der Waals surface area contributed by atoms with Crippen molar-refractivity contribution in [3.05, 3.63) is 127 Å². The van der Waals surface area contributed by atoms with Gasteiger partial charge in [0.1, 0.15) is 5.82 Å². The minimum Gasteiger partial charge on any atom is -0.359 e. The molecule has 0 N–H and O–H groups in total. The smallest absolute Gasteiger partial charge is 0.359 e. The average Bonchev–Trinajstić information content (AvgIpc) is 3.66. The highest BCUT2D eigenvalue weighted by atomic mass is 15.2. The molecule has 40 heavy (non-hydrogen) atoms. The molecule has 0 saturated heterocycles. The number of benzene rings is 5. The molecule has 4 nitrogen and oxygen atoms in total. The van der Waals surface area contributed by atoms with Crippen molar-refractivity contribution in [1.82, 2.24) is 14.0 Å². The van der Waals surface area contributed by atoms with Crippen LogP contribution >= 0.6 is 0 Å². The lowest BCUT2D eigenvalue weighted by molar-refractivity contribution is 1.08. The molecule has 184 valence electrons. The van der Waals surface area contributed by atoms with Crippen molar-refractivity contribution in [2.45, 2.75) is 0 Å². The Kier molecular flexibility index (Phi) is 3.73. The highest BCUT2D eigenvalue weighted by Gasteiger charge is 2.45. The zero-order valence-electron chi connectivity index (χ0n) is 21.5. The molecule has 0 spiro atoms. The number of aromatic nitrogens is 3. The summed E-state index contributed by atoms with van der Waals surface area (Å²) in [6.45, 7) is 0.0457. The van der Waals surface area contributed by atoms with Crippen molar-refractivity contribution >= 4 is 67.4 Å². The van der Waals surface area contributed by atoms with E-state index in [9.17, 15) is 0 Å². The molecule has 8 aromatic rings. The van der Waals surface area contributed by atoms with E-state index in [-0.39, 0.29) is 6.98 Å². The van der Waals surface area contributed by atoms with Gasteiger partial charge in [-0.2, -0.15) is 0 Å². The van der Waals surface area contributed by atoms with E-state index in [0.29, 0.717) is 0 Å². The van der Waals surface area contributed by atoms with Crippen LogP contribution in [0.5, 0.6) is 0 Å². The van der Waals surface area contributed by atoms with Crippen molar-refractivity contribution in [1.29, 1.82) is 0 Å². The van der Waals surface area contributed by atoms with Gasteiger partial charge in [0.15, 0.2) is 0 Å². The van der Waals surface area contributed by atoms with E-state index in [1.807, 2.05) is 0 Å². The predicted molar refractivity (Wildman–Crippen MR) is 166 cm³/mol. The van der Waals surface area contributed by atoms with Gasteiger partial charge in [0.05, 0.1) is 33.6 Å². The number of nitrogens with zero attached hydrogens (tertiary/aromatic N) is 4. The first kappa shape index (κ1) is 20.6. The maximum Gasteiger partial charge on any atom is 0.421 e. The Morgan fingerprint density at radius 1 is 0.500 bits per heavy atom. The number of hydrogen-bond acceptors (Lipinski definition) is 2. The van der Waals surface area contributed by atoms with Gasteiger partial charge in [0.25, 0.3) is 0 Å². The SMILES string of the molecule is c1ccc2c(c1)B1N(c3ccc(-n4c5ccccc5c5ccccc54)nc3-2)c2cccc3c4ccccc4n1c23. The second-order valence-corrected chi connectivity index (χ2v) is 10.8. The molecule has 2 aliphatic heterocycles. The Balaban J connectivity index is 1.29. The minimum atomic E-state index is 0.0457. The molecule has 0 radical (unpaired) electrons. The summed E-state index contributed by atoms with van der Waals surface area (Å²) in [5.41, 5.74) is 10.8. The summed E-state index contributed by atoms with van der Waals surface area (Å²) in [4.78, 5) is 7.94. The van der Waals surface area contributed by atoms with Crippen molar-refractivity contribution < 1.29 is 0 Å². The third-order valence-corrected chi connectivity index (χ3v) is 8.88. The van der Waals surface area contributed by atoms with E-state index in [1.165, 1.54) is 60.3 Å². The summed E-state index contributed by atoms with van der Waals surface area (Å²) < 4.78 is 4.84. The first-order chi connectivity index (χ1) is 19.9. The monoisotopic (exact) mass is 508 g/mol. The molecular weight excluding hydrogens is 487 g/mol. The van der Waals surface area contributed by atoms with Crippen molar-refractivity contribution in [3.8, 4) is 17.1 Å². The summed E-state index contributed by atoms with van der Waals surface area (Å²) in [6, 6.07) is 46.0. The van der Waals surface area contributed by atoms with Crippen LogP contribution in [0.4, 0.5) is 11.4 Å². The quantitative estimate of drug-likeness (QED) is 0.213. The van der Waals surface area contributed by atoms with Gasteiger partial charge in [-0.3, -0.25) is 4.57 Å². The van der Waals surface area contributed by atoms with Crippen LogP contribution < -0.4 is 10.3 Å². The Bertz CT molecular complexity index is 2310. The van der Waals surface area contributed by atoms with Crippen LogP contribution in [-0.4, -0.2) is 21.0 Å². The number of para-hydroxylation sites is 4. The molecule has 0 fully saturated rings. The summed E-state index contributed by atoms with van der Waals surface area (Å²) >= 11 is 0. The second-order valence-electron chi connectivity index (χ2n) is 10.8. The largest absolute Gasteiger partial charge is 0.421 e. The summed E-state index contributed by atoms with van der Waals surface area (Å²) in [5.74, 6) is 0.937. The molecule has 0 aliphatic carbocycles. The number of rotatable bonds is 1. The van der Waals surface area contributed by atoms with Gasteiger partial charge < -0.3 is 9.29 Å². The molecule has 5 heterocycles. The highest BCUT2D eigenvalue weighted by molar-refractivity contribution is 6.82. The Hall–Kier alpha value is -5.29. The van der Waals surface area contributed by atoms with E-state index in [4.69, 9.17) is 4.98 Å². The molecule has 10 rings (SSSR count). The topological polar surface area (TPSA) is 26.0 Å².